The Morgan fingerprint density at radius 2 is 2.05 bits per heavy atom. The Morgan fingerprint density at radius 3 is 2.68 bits per heavy atom. The van der Waals surface area contributed by atoms with E-state index in [9.17, 15) is 0 Å². The third kappa shape index (κ3) is 4.96. The van der Waals surface area contributed by atoms with Crippen LogP contribution in [-0.4, -0.2) is 30.6 Å². The molecule has 2 rings (SSSR count). The van der Waals surface area contributed by atoms with Crippen LogP contribution in [0, 0.1) is 6.92 Å². The fourth-order valence-corrected chi connectivity index (χ4v) is 2.79. The standard InChI is InChI=1S/C17H28N2/c1-3-4-12-19(14-17-6-5-11-18-17)13-16-9-7-15(2)8-10-16/h7-10,17-18H,3-6,11-14H2,1-2H3. The molecule has 1 heterocycles. The highest BCUT2D eigenvalue weighted by atomic mass is 15.1. The molecule has 0 radical (unpaired) electrons. The zero-order valence-corrected chi connectivity index (χ0v) is 12.5. The van der Waals surface area contributed by atoms with E-state index >= 15 is 0 Å². The Kier molecular flexibility index (Phi) is 5.87. The lowest BCUT2D eigenvalue weighted by molar-refractivity contribution is 0.237. The molecule has 0 amide bonds. The van der Waals surface area contributed by atoms with Crippen LogP contribution in [0.4, 0.5) is 0 Å². The third-order valence-electron chi connectivity index (χ3n) is 4.00. The zero-order valence-electron chi connectivity index (χ0n) is 12.5. The molecule has 106 valence electrons. The molecule has 1 aliphatic heterocycles. The number of nitrogens with zero attached hydrogens (tertiary/aromatic N) is 1. The topological polar surface area (TPSA) is 15.3 Å². The van der Waals surface area contributed by atoms with E-state index in [1.807, 2.05) is 0 Å². The Bertz CT molecular complexity index is 352. The first-order valence-electron chi connectivity index (χ1n) is 7.79. The molecule has 0 aliphatic carbocycles. The lowest BCUT2D eigenvalue weighted by Crippen LogP contribution is -2.37. The summed E-state index contributed by atoms with van der Waals surface area (Å²) in [5.74, 6) is 0. The molecular formula is C17H28N2. The second-order valence-corrected chi connectivity index (χ2v) is 5.87. The number of aryl methyl sites for hydroxylation is 1. The van der Waals surface area contributed by atoms with Gasteiger partial charge in [0.05, 0.1) is 0 Å². The second kappa shape index (κ2) is 7.66. The zero-order chi connectivity index (χ0) is 13.5. The van der Waals surface area contributed by atoms with Gasteiger partial charge in [0.15, 0.2) is 0 Å². The lowest BCUT2D eigenvalue weighted by atomic mass is 10.1. The van der Waals surface area contributed by atoms with Crippen molar-refractivity contribution in [2.24, 2.45) is 0 Å². The van der Waals surface area contributed by atoms with E-state index in [4.69, 9.17) is 0 Å². The SMILES string of the molecule is CCCCN(Cc1ccc(C)cc1)CC1CCCN1. The van der Waals surface area contributed by atoms with Crippen LogP contribution in [0.1, 0.15) is 43.7 Å². The number of unbranched alkanes of at least 4 members (excludes halogenated alkanes) is 1. The van der Waals surface area contributed by atoms with E-state index in [0.29, 0.717) is 6.04 Å². The van der Waals surface area contributed by atoms with Crippen molar-refractivity contribution in [3.8, 4) is 0 Å². The van der Waals surface area contributed by atoms with Crippen molar-refractivity contribution in [3.63, 3.8) is 0 Å². The molecule has 1 unspecified atom stereocenters. The maximum absolute atomic E-state index is 3.62. The number of hydrogen-bond donors (Lipinski definition) is 1. The molecule has 1 saturated heterocycles. The van der Waals surface area contributed by atoms with E-state index in [2.05, 4.69) is 48.3 Å². The van der Waals surface area contributed by atoms with E-state index in [1.54, 1.807) is 0 Å². The highest BCUT2D eigenvalue weighted by Crippen LogP contribution is 2.12. The van der Waals surface area contributed by atoms with Crippen molar-refractivity contribution in [2.75, 3.05) is 19.6 Å². The van der Waals surface area contributed by atoms with Crippen LogP contribution >= 0.6 is 0 Å². The minimum absolute atomic E-state index is 0.710. The van der Waals surface area contributed by atoms with Crippen molar-refractivity contribution >= 4 is 0 Å². The first kappa shape index (κ1) is 14.5. The van der Waals surface area contributed by atoms with Crippen molar-refractivity contribution < 1.29 is 0 Å². The van der Waals surface area contributed by atoms with Crippen molar-refractivity contribution in [2.45, 2.75) is 52.1 Å². The number of hydrogen-bond acceptors (Lipinski definition) is 2. The van der Waals surface area contributed by atoms with Crippen molar-refractivity contribution in [1.82, 2.24) is 10.2 Å². The molecular weight excluding hydrogens is 232 g/mol. The number of nitrogens with one attached hydrogen (secondary N) is 1. The minimum atomic E-state index is 0.710. The number of benzene rings is 1. The van der Waals surface area contributed by atoms with E-state index in [0.717, 1.165) is 6.54 Å². The molecule has 0 bridgehead atoms. The van der Waals surface area contributed by atoms with Gasteiger partial charge in [0.25, 0.3) is 0 Å². The Labute approximate surface area is 118 Å². The molecule has 1 fully saturated rings. The highest BCUT2D eigenvalue weighted by Gasteiger charge is 2.17. The summed E-state index contributed by atoms with van der Waals surface area (Å²) in [6, 6.07) is 9.71. The molecule has 1 atom stereocenters. The van der Waals surface area contributed by atoms with E-state index in [1.165, 1.54) is 56.4 Å². The molecule has 19 heavy (non-hydrogen) atoms. The summed E-state index contributed by atoms with van der Waals surface area (Å²) in [5.41, 5.74) is 2.79. The molecule has 0 aromatic heterocycles. The van der Waals surface area contributed by atoms with Gasteiger partial charge in [0.1, 0.15) is 0 Å². The summed E-state index contributed by atoms with van der Waals surface area (Å²) >= 11 is 0. The van der Waals surface area contributed by atoms with Gasteiger partial charge in [-0.1, -0.05) is 43.2 Å². The van der Waals surface area contributed by atoms with E-state index < -0.39 is 0 Å². The monoisotopic (exact) mass is 260 g/mol. The predicted molar refractivity (Wildman–Crippen MR) is 82.4 cm³/mol. The average molecular weight is 260 g/mol. The molecule has 1 aromatic carbocycles. The first-order valence-corrected chi connectivity index (χ1v) is 7.79. The lowest BCUT2D eigenvalue weighted by Gasteiger charge is -2.25. The second-order valence-electron chi connectivity index (χ2n) is 5.87. The van der Waals surface area contributed by atoms with Crippen molar-refractivity contribution in [1.29, 1.82) is 0 Å². The van der Waals surface area contributed by atoms with Crippen LogP contribution in [0.5, 0.6) is 0 Å². The quantitative estimate of drug-likeness (QED) is 0.809. The highest BCUT2D eigenvalue weighted by molar-refractivity contribution is 5.21. The summed E-state index contributed by atoms with van der Waals surface area (Å²) in [5, 5.41) is 3.62. The minimum Gasteiger partial charge on any atom is -0.313 e. The maximum atomic E-state index is 3.62. The molecule has 0 saturated carbocycles. The normalized spacial score (nSPS) is 19.2. The maximum Gasteiger partial charge on any atom is 0.0234 e. The summed E-state index contributed by atoms with van der Waals surface area (Å²) < 4.78 is 0. The smallest absolute Gasteiger partial charge is 0.0234 e. The van der Waals surface area contributed by atoms with Crippen LogP contribution in [0.25, 0.3) is 0 Å². The van der Waals surface area contributed by atoms with Crippen molar-refractivity contribution in [3.05, 3.63) is 35.4 Å². The Morgan fingerprint density at radius 1 is 1.26 bits per heavy atom. The van der Waals surface area contributed by atoms with Gasteiger partial charge in [-0.2, -0.15) is 0 Å². The predicted octanol–water partition coefficient (Wildman–Crippen LogP) is 3.35. The van der Waals surface area contributed by atoms with Gasteiger partial charge < -0.3 is 5.32 Å². The molecule has 1 aliphatic rings. The fraction of sp³-hybridized carbons (Fsp3) is 0.647. The van der Waals surface area contributed by atoms with Gasteiger partial charge in [-0.25, -0.2) is 0 Å². The van der Waals surface area contributed by atoms with Crippen LogP contribution in [0.3, 0.4) is 0 Å². The van der Waals surface area contributed by atoms with Gasteiger partial charge >= 0.3 is 0 Å². The van der Waals surface area contributed by atoms with Gasteiger partial charge in [0, 0.05) is 19.1 Å². The van der Waals surface area contributed by atoms with E-state index in [-0.39, 0.29) is 0 Å². The molecule has 0 spiro atoms. The average Bonchev–Trinajstić information content (AvgIpc) is 2.91. The summed E-state index contributed by atoms with van der Waals surface area (Å²) in [6.45, 7) is 9.16. The van der Waals surface area contributed by atoms with Gasteiger partial charge in [-0.15, -0.1) is 0 Å². The summed E-state index contributed by atoms with van der Waals surface area (Å²) in [4.78, 5) is 2.62. The van der Waals surface area contributed by atoms with Crippen LogP contribution in [0.2, 0.25) is 0 Å². The Balaban J connectivity index is 1.89. The molecule has 2 heteroatoms. The molecule has 1 N–H and O–H groups in total. The molecule has 2 nitrogen and oxygen atoms in total. The van der Waals surface area contributed by atoms with Crippen LogP contribution in [0.15, 0.2) is 24.3 Å². The summed E-state index contributed by atoms with van der Waals surface area (Å²) in [7, 11) is 0. The third-order valence-corrected chi connectivity index (χ3v) is 4.00. The fourth-order valence-electron chi connectivity index (χ4n) is 2.79. The molecule has 1 aromatic rings. The summed E-state index contributed by atoms with van der Waals surface area (Å²) in [6.07, 6.45) is 5.27. The van der Waals surface area contributed by atoms with Crippen LogP contribution in [-0.2, 0) is 6.54 Å². The van der Waals surface area contributed by atoms with Gasteiger partial charge in [-0.05, 0) is 44.8 Å². The van der Waals surface area contributed by atoms with Gasteiger partial charge in [0.2, 0.25) is 0 Å². The van der Waals surface area contributed by atoms with Crippen LogP contribution < -0.4 is 5.32 Å². The largest absolute Gasteiger partial charge is 0.313 e. The Hall–Kier alpha value is -0.860. The number of rotatable bonds is 7. The van der Waals surface area contributed by atoms with Gasteiger partial charge in [-0.3, -0.25) is 4.90 Å². The first-order chi connectivity index (χ1) is 9.28.